The maximum atomic E-state index is 10.2. The summed E-state index contributed by atoms with van der Waals surface area (Å²) in [6.45, 7) is 0. The van der Waals surface area contributed by atoms with Gasteiger partial charge in [0, 0.05) is 11.7 Å². The Labute approximate surface area is 86.4 Å². The molecule has 0 aliphatic carbocycles. The second kappa shape index (κ2) is 4.59. The molecule has 1 aliphatic rings. The summed E-state index contributed by atoms with van der Waals surface area (Å²) >= 11 is 1.92. The van der Waals surface area contributed by atoms with Gasteiger partial charge in [-0.05, 0) is 18.6 Å². The fourth-order valence-corrected chi connectivity index (χ4v) is 2.66. The van der Waals surface area contributed by atoms with Gasteiger partial charge in [0.15, 0.2) is 5.82 Å². The molecule has 1 atom stereocenters. The fourth-order valence-electron chi connectivity index (χ4n) is 1.53. The van der Waals surface area contributed by atoms with Crippen molar-refractivity contribution in [3.63, 3.8) is 0 Å². The minimum absolute atomic E-state index is 0.253. The number of carbonyl (C=O) groups is 1. The van der Waals surface area contributed by atoms with Gasteiger partial charge in [-0.15, -0.1) is 0 Å². The SMILES string of the molecule is O=CCc1noc(C2CCCSC2)n1. The first-order chi connectivity index (χ1) is 6.90. The standard InChI is InChI=1S/C9H12N2O2S/c12-4-3-8-10-9(13-11-8)7-2-1-5-14-6-7/h4,7H,1-3,5-6H2. The topological polar surface area (TPSA) is 56.0 Å². The highest BCUT2D eigenvalue weighted by Gasteiger charge is 2.21. The molecule has 0 aromatic carbocycles. The average Bonchev–Trinajstić information content (AvgIpc) is 2.68. The van der Waals surface area contributed by atoms with Crippen LogP contribution in [0.15, 0.2) is 4.52 Å². The van der Waals surface area contributed by atoms with Gasteiger partial charge < -0.3 is 9.32 Å². The first-order valence-electron chi connectivity index (χ1n) is 4.74. The molecule has 0 saturated carbocycles. The van der Waals surface area contributed by atoms with Gasteiger partial charge in [-0.1, -0.05) is 5.16 Å². The van der Waals surface area contributed by atoms with Crippen LogP contribution in [0.2, 0.25) is 0 Å². The van der Waals surface area contributed by atoms with Crippen LogP contribution in [0.5, 0.6) is 0 Å². The molecule has 0 bridgehead atoms. The zero-order chi connectivity index (χ0) is 9.80. The van der Waals surface area contributed by atoms with Crippen molar-refractivity contribution in [1.82, 2.24) is 10.1 Å². The van der Waals surface area contributed by atoms with Gasteiger partial charge in [0.2, 0.25) is 5.89 Å². The molecule has 14 heavy (non-hydrogen) atoms. The van der Waals surface area contributed by atoms with Crippen molar-refractivity contribution < 1.29 is 9.32 Å². The molecule has 0 radical (unpaired) electrons. The molecule has 1 aromatic rings. The van der Waals surface area contributed by atoms with Gasteiger partial charge in [0.05, 0.1) is 6.42 Å². The smallest absolute Gasteiger partial charge is 0.230 e. The van der Waals surface area contributed by atoms with Gasteiger partial charge in [-0.3, -0.25) is 0 Å². The van der Waals surface area contributed by atoms with E-state index in [1.165, 1.54) is 12.2 Å². The molecule has 2 rings (SSSR count). The zero-order valence-electron chi connectivity index (χ0n) is 7.81. The highest BCUT2D eigenvalue weighted by Crippen LogP contribution is 2.29. The Kier molecular flexibility index (Phi) is 3.18. The summed E-state index contributed by atoms with van der Waals surface area (Å²) in [5.41, 5.74) is 0. The minimum atomic E-state index is 0.253. The maximum absolute atomic E-state index is 10.2. The van der Waals surface area contributed by atoms with E-state index in [1.54, 1.807) is 0 Å². The minimum Gasteiger partial charge on any atom is -0.339 e. The lowest BCUT2D eigenvalue weighted by atomic mass is 10.1. The Hall–Kier alpha value is -0.840. The van der Waals surface area contributed by atoms with Crippen molar-refractivity contribution in [1.29, 1.82) is 0 Å². The second-order valence-corrected chi connectivity index (χ2v) is 4.48. The second-order valence-electron chi connectivity index (χ2n) is 3.33. The molecular weight excluding hydrogens is 200 g/mol. The Balaban J connectivity index is 2.03. The highest BCUT2D eigenvalue weighted by atomic mass is 32.2. The molecule has 1 unspecified atom stereocenters. The molecule has 4 nitrogen and oxygen atoms in total. The molecule has 0 spiro atoms. The van der Waals surface area contributed by atoms with Crippen molar-refractivity contribution in [2.24, 2.45) is 0 Å². The Morgan fingerprint density at radius 3 is 3.29 bits per heavy atom. The van der Waals surface area contributed by atoms with Crippen LogP contribution in [0, 0.1) is 0 Å². The largest absolute Gasteiger partial charge is 0.339 e. The number of nitrogens with zero attached hydrogens (tertiary/aromatic N) is 2. The lowest BCUT2D eigenvalue weighted by molar-refractivity contribution is -0.107. The number of aldehydes is 1. The zero-order valence-corrected chi connectivity index (χ0v) is 8.63. The van der Waals surface area contributed by atoms with Crippen molar-refractivity contribution in [3.8, 4) is 0 Å². The lowest BCUT2D eigenvalue weighted by Gasteiger charge is -2.16. The summed E-state index contributed by atoms with van der Waals surface area (Å²) in [5, 5.41) is 3.75. The maximum Gasteiger partial charge on any atom is 0.230 e. The molecule has 1 aromatic heterocycles. The molecular formula is C9H12N2O2S. The summed E-state index contributed by atoms with van der Waals surface area (Å²) in [6.07, 6.45) is 3.38. The van der Waals surface area contributed by atoms with Crippen molar-refractivity contribution in [2.45, 2.75) is 25.2 Å². The van der Waals surface area contributed by atoms with Gasteiger partial charge in [0.1, 0.15) is 6.29 Å². The van der Waals surface area contributed by atoms with E-state index < -0.39 is 0 Å². The fraction of sp³-hybridized carbons (Fsp3) is 0.667. The van der Waals surface area contributed by atoms with Crippen LogP contribution in [0.1, 0.15) is 30.5 Å². The number of carbonyl (C=O) groups excluding carboxylic acids is 1. The molecule has 0 amide bonds. The molecule has 5 heteroatoms. The van der Waals surface area contributed by atoms with Crippen LogP contribution in [-0.2, 0) is 11.2 Å². The third-order valence-electron chi connectivity index (χ3n) is 2.26. The number of thioether (sulfide) groups is 1. The molecule has 1 fully saturated rings. The third kappa shape index (κ3) is 2.15. The van der Waals surface area contributed by atoms with Gasteiger partial charge in [-0.2, -0.15) is 16.7 Å². The molecule has 1 aliphatic heterocycles. The first-order valence-corrected chi connectivity index (χ1v) is 5.89. The van der Waals surface area contributed by atoms with E-state index in [0.29, 0.717) is 17.6 Å². The summed E-state index contributed by atoms with van der Waals surface area (Å²) < 4.78 is 5.12. The summed E-state index contributed by atoms with van der Waals surface area (Å²) in [7, 11) is 0. The lowest BCUT2D eigenvalue weighted by Crippen LogP contribution is -2.08. The van der Waals surface area contributed by atoms with Gasteiger partial charge >= 0.3 is 0 Å². The normalized spacial score (nSPS) is 22.1. The first kappa shape index (κ1) is 9.71. The van der Waals surface area contributed by atoms with Crippen LogP contribution < -0.4 is 0 Å². The Morgan fingerprint density at radius 2 is 2.57 bits per heavy atom. The average molecular weight is 212 g/mol. The monoisotopic (exact) mass is 212 g/mol. The number of hydrogen-bond donors (Lipinski definition) is 0. The van der Waals surface area contributed by atoms with Crippen LogP contribution in [0.25, 0.3) is 0 Å². The van der Waals surface area contributed by atoms with Crippen molar-refractivity contribution in [2.75, 3.05) is 11.5 Å². The van der Waals surface area contributed by atoms with Crippen LogP contribution in [0.3, 0.4) is 0 Å². The molecule has 2 heterocycles. The van der Waals surface area contributed by atoms with E-state index in [0.717, 1.165) is 18.5 Å². The van der Waals surface area contributed by atoms with E-state index in [1.807, 2.05) is 11.8 Å². The van der Waals surface area contributed by atoms with Crippen molar-refractivity contribution >= 4 is 18.0 Å². The van der Waals surface area contributed by atoms with E-state index in [-0.39, 0.29) is 6.42 Å². The quantitative estimate of drug-likeness (QED) is 0.709. The molecule has 1 saturated heterocycles. The van der Waals surface area contributed by atoms with E-state index in [4.69, 9.17) is 4.52 Å². The van der Waals surface area contributed by atoms with Gasteiger partial charge in [-0.25, -0.2) is 0 Å². The number of hydrogen-bond acceptors (Lipinski definition) is 5. The molecule has 0 N–H and O–H groups in total. The van der Waals surface area contributed by atoms with Crippen LogP contribution in [-0.4, -0.2) is 27.9 Å². The Bertz CT molecular complexity index is 308. The van der Waals surface area contributed by atoms with Crippen LogP contribution >= 0.6 is 11.8 Å². The molecule has 76 valence electrons. The van der Waals surface area contributed by atoms with E-state index in [9.17, 15) is 4.79 Å². The predicted octanol–water partition coefficient (Wildman–Crippen LogP) is 1.42. The van der Waals surface area contributed by atoms with Gasteiger partial charge in [0.25, 0.3) is 0 Å². The summed E-state index contributed by atoms with van der Waals surface area (Å²) in [6, 6.07) is 0. The number of rotatable bonds is 3. The third-order valence-corrected chi connectivity index (χ3v) is 3.47. The summed E-state index contributed by atoms with van der Waals surface area (Å²) in [4.78, 5) is 14.4. The van der Waals surface area contributed by atoms with E-state index in [2.05, 4.69) is 10.1 Å². The predicted molar refractivity (Wildman–Crippen MR) is 53.4 cm³/mol. The van der Waals surface area contributed by atoms with E-state index >= 15 is 0 Å². The summed E-state index contributed by atoms with van der Waals surface area (Å²) in [5.74, 6) is 3.88. The Morgan fingerprint density at radius 1 is 1.64 bits per heavy atom. The highest BCUT2D eigenvalue weighted by molar-refractivity contribution is 7.99. The van der Waals surface area contributed by atoms with Crippen LogP contribution in [0.4, 0.5) is 0 Å². The van der Waals surface area contributed by atoms with Crippen molar-refractivity contribution in [3.05, 3.63) is 11.7 Å². The number of aromatic nitrogens is 2.